The molecule has 13 nitrogen and oxygen atoms in total. The van der Waals surface area contributed by atoms with Crippen LogP contribution in [0.25, 0.3) is 32.9 Å². The molecule has 0 atom stereocenters. The summed E-state index contributed by atoms with van der Waals surface area (Å²) >= 11 is 0. The Morgan fingerprint density at radius 1 is 1.11 bits per heavy atom. The molecule has 1 saturated heterocycles. The van der Waals surface area contributed by atoms with Crippen LogP contribution in [0.5, 0.6) is 0 Å². The van der Waals surface area contributed by atoms with Crippen LogP contribution in [-0.2, 0) is 30.5 Å². The molecule has 4 aliphatic heterocycles. The molecule has 4 aromatic rings. The highest BCUT2D eigenvalue weighted by atomic mass is 19.1. The number of carboxylic acid groups (broad SMARTS) is 1. The van der Waals surface area contributed by atoms with E-state index in [1.54, 1.807) is 33.9 Å². The van der Waals surface area contributed by atoms with E-state index in [2.05, 4.69) is 10.4 Å². The van der Waals surface area contributed by atoms with Gasteiger partial charge in [0.25, 0.3) is 0 Å². The number of aromatic nitrogens is 4. The molecule has 4 bridgehead atoms. The largest absolute Gasteiger partial charge is 0.480 e. The molecule has 2 aromatic heterocycles. The van der Waals surface area contributed by atoms with Gasteiger partial charge in [-0.1, -0.05) is 10.9 Å². The molecular weight excluding hydrogens is 573 g/mol. The summed E-state index contributed by atoms with van der Waals surface area (Å²) < 4.78 is 17.4. The van der Waals surface area contributed by atoms with Crippen molar-refractivity contribution >= 4 is 57.0 Å². The van der Waals surface area contributed by atoms with Crippen LogP contribution in [0.2, 0.25) is 0 Å². The lowest BCUT2D eigenvalue weighted by Gasteiger charge is -2.39. The van der Waals surface area contributed by atoms with Crippen LogP contribution in [0, 0.1) is 5.82 Å². The molecular formula is C30H29FN7O6+. The number of hydrogen-bond donors (Lipinski definition) is 2. The minimum Gasteiger partial charge on any atom is -0.480 e. The first kappa shape index (κ1) is 27.8. The van der Waals surface area contributed by atoms with E-state index in [4.69, 9.17) is 10.2 Å². The van der Waals surface area contributed by atoms with Gasteiger partial charge in [-0.2, -0.15) is 5.10 Å². The molecule has 0 unspecified atom stereocenters. The molecule has 0 saturated carbocycles. The molecule has 3 amide bonds. The fourth-order valence-electron chi connectivity index (χ4n) is 6.92. The van der Waals surface area contributed by atoms with Crippen molar-refractivity contribution in [2.24, 2.45) is 0 Å². The topological polar surface area (TPSA) is 156 Å². The van der Waals surface area contributed by atoms with E-state index in [0.29, 0.717) is 64.7 Å². The number of quaternary nitrogens is 1. The zero-order valence-corrected chi connectivity index (χ0v) is 23.9. The fourth-order valence-corrected chi connectivity index (χ4v) is 6.92. The highest BCUT2D eigenvalue weighted by Crippen LogP contribution is 2.45. The van der Waals surface area contributed by atoms with Crippen LogP contribution in [0.1, 0.15) is 44.2 Å². The van der Waals surface area contributed by atoms with Crippen LogP contribution >= 0.6 is 0 Å². The van der Waals surface area contributed by atoms with Gasteiger partial charge in [-0.25, -0.2) is 9.18 Å². The van der Waals surface area contributed by atoms with Gasteiger partial charge in [-0.15, -0.1) is 9.69 Å². The van der Waals surface area contributed by atoms with E-state index < -0.39 is 24.2 Å². The standard InChI is InChI=1S/C30H28FN7O6/c1-16(39)2-5-26(42)38-8-6-17(7-9-38)29-28-19(20-11-23-18(10-21(20)31)12-33-37(23)38)3-4-22-30(28)36(34-29)15-25(41)35(22)14-24(40)32-13-27(43)44/h3-4,10-12,17H,2,5-9,13-15H2,1H3,(H-,32,40,43,44)/p+1. The lowest BCUT2D eigenvalue weighted by atomic mass is 9.88. The summed E-state index contributed by atoms with van der Waals surface area (Å²) in [5.41, 5.74) is 3.13. The molecule has 14 heteroatoms. The number of hydrogen-bond acceptors (Lipinski definition) is 7. The second kappa shape index (κ2) is 10.0. The number of ketones is 1. The molecule has 2 N–H and O–H groups in total. The van der Waals surface area contributed by atoms with E-state index in [0.717, 1.165) is 0 Å². The number of rotatable bonds is 7. The molecule has 1 fully saturated rings. The van der Waals surface area contributed by atoms with Crippen LogP contribution in [0.3, 0.4) is 0 Å². The van der Waals surface area contributed by atoms with E-state index in [1.165, 1.54) is 17.9 Å². The third kappa shape index (κ3) is 4.19. The number of piperidine rings is 1. The second-order valence-electron chi connectivity index (χ2n) is 11.7. The molecule has 4 aliphatic rings. The monoisotopic (exact) mass is 602 g/mol. The Hall–Kier alpha value is -4.98. The molecule has 226 valence electrons. The minimum absolute atomic E-state index is 0.0653. The van der Waals surface area contributed by atoms with Crippen molar-refractivity contribution < 1.29 is 33.5 Å². The van der Waals surface area contributed by atoms with Gasteiger partial charge in [0.15, 0.2) is 0 Å². The molecule has 0 radical (unpaired) electrons. The molecule has 2 aromatic carbocycles. The zero-order chi connectivity index (χ0) is 30.9. The van der Waals surface area contributed by atoms with Crippen molar-refractivity contribution in [2.45, 2.75) is 45.1 Å². The van der Waals surface area contributed by atoms with Gasteiger partial charge in [-0.05, 0) is 30.7 Å². The Kier molecular flexibility index (Phi) is 6.35. The van der Waals surface area contributed by atoms with Crippen molar-refractivity contribution in [3.05, 3.63) is 42.0 Å². The Bertz CT molecular complexity index is 1940. The number of amides is 3. The number of aliphatic carboxylic acids is 1. The first-order chi connectivity index (χ1) is 21.1. The Balaban J connectivity index is 1.41. The number of benzene rings is 2. The maximum absolute atomic E-state index is 15.9. The molecule has 8 rings (SSSR count). The summed E-state index contributed by atoms with van der Waals surface area (Å²) in [5.74, 6) is -3.04. The summed E-state index contributed by atoms with van der Waals surface area (Å²) in [7, 11) is 0. The number of Topliss-reactive ketones (excluding diaryl/α,β-unsaturated/α-hetero) is 1. The van der Waals surface area contributed by atoms with Gasteiger partial charge in [0.1, 0.15) is 49.8 Å². The highest BCUT2D eigenvalue weighted by Gasteiger charge is 2.46. The number of halogens is 1. The number of anilines is 1. The van der Waals surface area contributed by atoms with Gasteiger partial charge in [0, 0.05) is 41.5 Å². The summed E-state index contributed by atoms with van der Waals surface area (Å²) in [6, 6.07) is 6.46. The maximum Gasteiger partial charge on any atom is 0.340 e. The smallest absolute Gasteiger partial charge is 0.340 e. The summed E-state index contributed by atoms with van der Waals surface area (Å²) in [6.45, 7) is 1.13. The first-order valence-electron chi connectivity index (χ1n) is 14.5. The zero-order valence-electron chi connectivity index (χ0n) is 23.9. The molecule has 44 heavy (non-hydrogen) atoms. The minimum atomic E-state index is -1.20. The molecule has 0 spiro atoms. The van der Waals surface area contributed by atoms with E-state index >= 15 is 4.39 Å². The SMILES string of the molecule is CC(=O)CCC(=O)[N+]12CCC(CC1)c1nn3c4c(ccc(c14)-c1cc4c(cnn42)cc1F)N(CC(=O)NCC(=O)O)C(=O)C3. The summed E-state index contributed by atoms with van der Waals surface area (Å²) in [5, 5.41) is 21.9. The van der Waals surface area contributed by atoms with Gasteiger partial charge in [0.05, 0.1) is 29.5 Å². The third-order valence-electron chi connectivity index (χ3n) is 9.04. The summed E-state index contributed by atoms with van der Waals surface area (Å²) in [6.07, 6.45) is 2.85. The van der Waals surface area contributed by atoms with Gasteiger partial charge >= 0.3 is 11.9 Å². The van der Waals surface area contributed by atoms with Crippen molar-refractivity contribution in [3.63, 3.8) is 0 Å². The average molecular weight is 603 g/mol. The molecule has 6 heterocycles. The number of nitrogens with zero attached hydrogens (tertiary/aromatic N) is 6. The van der Waals surface area contributed by atoms with Crippen molar-refractivity contribution in [1.82, 2.24) is 29.6 Å². The van der Waals surface area contributed by atoms with Gasteiger partial charge < -0.3 is 15.2 Å². The van der Waals surface area contributed by atoms with Gasteiger partial charge in [-0.3, -0.25) is 24.0 Å². The maximum atomic E-state index is 15.9. The Morgan fingerprint density at radius 3 is 2.61 bits per heavy atom. The van der Waals surface area contributed by atoms with E-state index in [9.17, 15) is 24.0 Å². The van der Waals surface area contributed by atoms with Crippen LogP contribution in [0.15, 0.2) is 30.5 Å². The lowest BCUT2D eigenvalue weighted by molar-refractivity contribution is -0.141. The third-order valence-corrected chi connectivity index (χ3v) is 9.04. The number of nitrogens with one attached hydrogen (secondary N) is 1. The number of carbonyl (C=O) groups is 5. The van der Waals surface area contributed by atoms with Gasteiger partial charge in [0.2, 0.25) is 11.8 Å². The predicted molar refractivity (Wildman–Crippen MR) is 156 cm³/mol. The quantitative estimate of drug-likeness (QED) is 0.304. The van der Waals surface area contributed by atoms with Crippen LogP contribution < -0.4 is 14.8 Å². The number of fused-ring (bicyclic) bond motifs is 2. The van der Waals surface area contributed by atoms with E-state index in [-0.39, 0.29) is 59.6 Å². The second-order valence-corrected chi connectivity index (χ2v) is 11.7. The first-order valence-corrected chi connectivity index (χ1v) is 14.5. The molecule has 0 aliphatic carbocycles. The number of carboxylic acids is 1. The lowest BCUT2D eigenvalue weighted by Crippen LogP contribution is -2.65. The van der Waals surface area contributed by atoms with Crippen LogP contribution in [-0.4, -0.2) is 80.4 Å². The fraction of sp³-hybridized carbons (Fsp3) is 0.367. The summed E-state index contributed by atoms with van der Waals surface area (Å²) in [4.78, 5) is 65.3. The average Bonchev–Trinajstić information content (AvgIpc) is 3.58. The van der Waals surface area contributed by atoms with Crippen molar-refractivity contribution in [2.75, 3.05) is 31.1 Å². The normalized spacial score (nSPS) is 20.3. The Labute approximate surface area is 249 Å². The van der Waals surface area contributed by atoms with Crippen LogP contribution in [0.4, 0.5) is 10.1 Å². The predicted octanol–water partition coefficient (Wildman–Crippen LogP) is 1.97. The Morgan fingerprint density at radius 2 is 1.89 bits per heavy atom. The van der Waals surface area contributed by atoms with Crippen molar-refractivity contribution in [1.29, 1.82) is 0 Å². The highest BCUT2D eigenvalue weighted by molar-refractivity contribution is 6.13. The van der Waals surface area contributed by atoms with E-state index in [1.807, 2.05) is 0 Å². The number of carbonyl (C=O) groups excluding carboxylic acids is 4. The van der Waals surface area contributed by atoms with Crippen molar-refractivity contribution in [3.8, 4) is 11.1 Å².